The zero-order valence-electron chi connectivity index (χ0n) is 8.98. The van der Waals surface area contributed by atoms with Crippen molar-refractivity contribution in [3.8, 4) is 0 Å². The maximum Gasteiger partial charge on any atom is 0.0718 e. The van der Waals surface area contributed by atoms with Gasteiger partial charge in [0.05, 0.1) is 4.05 Å². The Labute approximate surface area is 114 Å². The highest BCUT2D eigenvalue weighted by Crippen LogP contribution is 2.61. The molecule has 0 aromatic rings. The largest absolute Gasteiger partial charge is 0.311 e. The van der Waals surface area contributed by atoms with Gasteiger partial charge in [-0.15, -0.1) is 0 Å². The summed E-state index contributed by atoms with van der Waals surface area (Å²) in [6.07, 6.45) is 2.77. The molecule has 1 heterocycles. The Bertz CT molecular complexity index is 239. The first-order chi connectivity index (χ1) is 6.34. The van der Waals surface area contributed by atoms with Gasteiger partial charge >= 0.3 is 0 Å². The summed E-state index contributed by atoms with van der Waals surface area (Å²) >= 11 is 5.06. The molecule has 14 heavy (non-hydrogen) atoms. The lowest BCUT2D eigenvalue weighted by Gasteiger charge is -2.24. The standard InChI is InChI=1S/C10H18I2N2/c1-9(2,3)13-6-10-4-7(10)14(12)8(11)5-10/h7-8,13H,4-6H2,1-3H3/t7-,8+,10-/m1/s1. The summed E-state index contributed by atoms with van der Waals surface area (Å²) in [5.74, 6) is 0. The minimum absolute atomic E-state index is 0.265. The first-order valence-corrected chi connectivity index (χ1v) is 7.38. The van der Waals surface area contributed by atoms with Gasteiger partial charge in [0.15, 0.2) is 0 Å². The van der Waals surface area contributed by atoms with Crippen LogP contribution in [0.25, 0.3) is 0 Å². The highest BCUT2D eigenvalue weighted by molar-refractivity contribution is 14.1. The van der Waals surface area contributed by atoms with E-state index in [1.54, 1.807) is 0 Å². The van der Waals surface area contributed by atoms with Crippen molar-refractivity contribution in [1.29, 1.82) is 0 Å². The number of halogens is 2. The van der Waals surface area contributed by atoms with Crippen LogP contribution in [0.4, 0.5) is 0 Å². The monoisotopic (exact) mass is 420 g/mol. The Balaban J connectivity index is 1.89. The Morgan fingerprint density at radius 3 is 2.50 bits per heavy atom. The molecule has 0 bridgehead atoms. The average molecular weight is 420 g/mol. The van der Waals surface area contributed by atoms with Crippen LogP contribution in [0.15, 0.2) is 0 Å². The van der Waals surface area contributed by atoms with E-state index in [2.05, 4.69) is 74.7 Å². The third-order valence-corrected chi connectivity index (χ3v) is 6.71. The molecule has 0 aromatic carbocycles. The van der Waals surface area contributed by atoms with E-state index in [9.17, 15) is 0 Å². The smallest absolute Gasteiger partial charge is 0.0718 e. The fourth-order valence-electron chi connectivity index (χ4n) is 2.22. The van der Waals surface area contributed by atoms with Crippen molar-refractivity contribution in [3.05, 3.63) is 0 Å². The van der Waals surface area contributed by atoms with Crippen molar-refractivity contribution in [1.82, 2.24) is 8.43 Å². The number of alkyl halides is 1. The molecule has 1 saturated carbocycles. The summed E-state index contributed by atoms with van der Waals surface area (Å²) in [5, 5.41) is 3.65. The minimum atomic E-state index is 0.265. The molecule has 2 fully saturated rings. The van der Waals surface area contributed by atoms with Crippen LogP contribution in [-0.2, 0) is 0 Å². The third kappa shape index (κ3) is 2.22. The van der Waals surface area contributed by atoms with Gasteiger partial charge in [-0.2, -0.15) is 0 Å². The van der Waals surface area contributed by atoms with Crippen molar-refractivity contribution < 1.29 is 0 Å². The van der Waals surface area contributed by atoms with Crippen molar-refractivity contribution in [2.24, 2.45) is 5.41 Å². The number of hydrogen-bond donors (Lipinski definition) is 1. The molecule has 3 atom stereocenters. The first-order valence-electron chi connectivity index (χ1n) is 5.17. The van der Waals surface area contributed by atoms with Crippen LogP contribution < -0.4 is 5.32 Å². The summed E-state index contributed by atoms with van der Waals surface area (Å²) in [5.41, 5.74) is 0.877. The second-order valence-electron chi connectivity index (χ2n) is 5.67. The quantitative estimate of drug-likeness (QED) is 0.320. The van der Waals surface area contributed by atoms with Gasteiger partial charge in [-0.25, -0.2) is 3.11 Å². The molecule has 0 radical (unpaired) electrons. The number of rotatable bonds is 2. The van der Waals surface area contributed by atoms with E-state index in [-0.39, 0.29) is 5.54 Å². The zero-order chi connectivity index (χ0) is 10.6. The third-order valence-electron chi connectivity index (χ3n) is 3.26. The molecule has 1 saturated heterocycles. The van der Waals surface area contributed by atoms with Crippen molar-refractivity contribution in [2.45, 2.75) is 49.2 Å². The summed E-state index contributed by atoms with van der Waals surface area (Å²) in [4.78, 5) is 0. The second-order valence-corrected chi connectivity index (χ2v) is 8.22. The molecule has 1 N–H and O–H groups in total. The lowest BCUT2D eigenvalue weighted by molar-refractivity contribution is 0.357. The Morgan fingerprint density at radius 2 is 2.07 bits per heavy atom. The van der Waals surface area contributed by atoms with Crippen molar-refractivity contribution >= 4 is 45.5 Å². The summed E-state index contributed by atoms with van der Waals surface area (Å²) in [7, 11) is 0. The average Bonchev–Trinajstić information content (AvgIpc) is 2.68. The van der Waals surface area contributed by atoms with E-state index < -0.39 is 0 Å². The van der Waals surface area contributed by atoms with Crippen LogP contribution in [0, 0.1) is 5.41 Å². The van der Waals surface area contributed by atoms with Gasteiger partial charge in [-0.3, -0.25) is 0 Å². The molecule has 4 heteroatoms. The Morgan fingerprint density at radius 1 is 1.43 bits per heavy atom. The Hall–Kier alpha value is 1.38. The Kier molecular flexibility index (Phi) is 3.13. The second kappa shape index (κ2) is 3.70. The summed E-state index contributed by atoms with van der Waals surface area (Å²) in [6, 6.07) is 0.847. The van der Waals surface area contributed by atoms with Gasteiger partial charge in [0, 0.05) is 46.4 Å². The van der Waals surface area contributed by atoms with Gasteiger partial charge in [-0.05, 0) is 33.6 Å². The number of fused-ring (bicyclic) bond motifs is 1. The maximum atomic E-state index is 3.65. The van der Waals surface area contributed by atoms with Gasteiger partial charge in [-0.1, -0.05) is 22.6 Å². The van der Waals surface area contributed by atoms with E-state index >= 15 is 0 Å². The highest BCUT2D eigenvalue weighted by atomic mass is 127. The van der Waals surface area contributed by atoms with Crippen LogP contribution in [0.2, 0.25) is 0 Å². The molecule has 0 spiro atoms. The first kappa shape index (κ1) is 11.9. The van der Waals surface area contributed by atoms with Gasteiger partial charge in [0.2, 0.25) is 0 Å². The van der Waals surface area contributed by atoms with Gasteiger partial charge in [0.25, 0.3) is 0 Å². The number of piperidine rings is 1. The maximum absolute atomic E-state index is 3.65. The molecule has 0 unspecified atom stereocenters. The fourth-order valence-corrected chi connectivity index (χ4v) is 4.47. The number of hydrogen-bond acceptors (Lipinski definition) is 2. The van der Waals surface area contributed by atoms with Crippen LogP contribution in [0.3, 0.4) is 0 Å². The van der Waals surface area contributed by atoms with E-state index in [0.717, 1.165) is 10.1 Å². The van der Waals surface area contributed by atoms with Crippen LogP contribution in [0.1, 0.15) is 33.6 Å². The topological polar surface area (TPSA) is 15.3 Å². The highest BCUT2D eigenvalue weighted by Gasteiger charge is 2.63. The number of nitrogens with zero attached hydrogens (tertiary/aromatic N) is 1. The molecule has 0 amide bonds. The minimum Gasteiger partial charge on any atom is -0.311 e. The lowest BCUT2D eigenvalue weighted by Crippen LogP contribution is -2.40. The molecule has 1 aliphatic carbocycles. The summed E-state index contributed by atoms with van der Waals surface area (Å²) in [6.45, 7) is 7.94. The predicted octanol–water partition coefficient (Wildman–Crippen LogP) is 2.95. The molecule has 1 aliphatic heterocycles. The lowest BCUT2D eigenvalue weighted by atomic mass is 10.0. The zero-order valence-corrected chi connectivity index (χ0v) is 13.3. The van der Waals surface area contributed by atoms with Gasteiger partial charge in [0.1, 0.15) is 0 Å². The van der Waals surface area contributed by atoms with Crippen molar-refractivity contribution in [3.63, 3.8) is 0 Å². The molecule has 0 aromatic heterocycles. The van der Waals surface area contributed by atoms with E-state index in [4.69, 9.17) is 0 Å². The fraction of sp³-hybridized carbons (Fsp3) is 1.00. The SMILES string of the molecule is CC(C)(C)NC[C@@]12C[C@@H](I)N(I)[C@@H]1C2. The molecular weight excluding hydrogens is 402 g/mol. The normalized spacial score (nSPS) is 42.6. The molecule has 2 rings (SSSR count). The van der Waals surface area contributed by atoms with E-state index in [1.165, 1.54) is 19.4 Å². The van der Waals surface area contributed by atoms with Crippen LogP contribution >= 0.6 is 45.5 Å². The summed E-state index contributed by atoms with van der Waals surface area (Å²) < 4.78 is 3.26. The van der Waals surface area contributed by atoms with Crippen LogP contribution in [-0.4, -0.2) is 25.3 Å². The molecular formula is C10H18I2N2. The van der Waals surface area contributed by atoms with Gasteiger partial charge < -0.3 is 5.32 Å². The molecule has 2 aliphatic rings. The van der Waals surface area contributed by atoms with Crippen LogP contribution in [0.5, 0.6) is 0 Å². The predicted molar refractivity (Wildman–Crippen MR) is 76.9 cm³/mol. The number of nitrogens with one attached hydrogen (secondary N) is 1. The van der Waals surface area contributed by atoms with E-state index in [0.29, 0.717) is 5.41 Å². The molecule has 82 valence electrons. The molecule has 2 nitrogen and oxygen atoms in total. The van der Waals surface area contributed by atoms with E-state index in [1.807, 2.05) is 0 Å². The van der Waals surface area contributed by atoms with Crippen molar-refractivity contribution in [2.75, 3.05) is 6.54 Å².